The minimum Gasteiger partial charge on any atom is -0.507 e. The van der Waals surface area contributed by atoms with Crippen molar-refractivity contribution in [3.8, 4) is 0 Å². The van der Waals surface area contributed by atoms with Gasteiger partial charge < -0.3 is 5.11 Å². The number of benzene rings is 1. The van der Waals surface area contributed by atoms with Crippen molar-refractivity contribution in [3.05, 3.63) is 41.0 Å². The Morgan fingerprint density at radius 2 is 2.06 bits per heavy atom. The third-order valence-electron chi connectivity index (χ3n) is 3.66. The maximum absolute atomic E-state index is 11.8. The van der Waals surface area contributed by atoms with Crippen LogP contribution in [0.2, 0.25) is 0 Å². The van der Waals surface area contributed by atoms with Crippen molar-refractivity contribution in [3.63, 3.8) is 0 Å². The Kier molecular flexibility index (Phi) is 2.10. The predicted octanol–water partition coefficient (Wildman–Crippen LogP) is 2.88. The standard InChI is InChI=1S/C14H14O2/c15-12-7-3-5-10-8-9-4-1-2-6-11(9)14(16)13(10)12/h1-2,4,6,10,16H,3,5,7-8H2. The van der Waals surface area contributed by atoms with E-state index in [4.69, 9.17) is 0 Å². The molecule has 2 nitrogen and oxygen atoms in total. The number of Topliss-reactive ketones (excluding diaryl/α,β-unsaturated/α-hetero) is 1. The second-order valence-corrected chi connectivity index (χ2v) is 4.64. The van der Waals surface area contributed by atoms with Crippen LogP contribution in [0.4, 0.5) is 0 Å². The van der Waals surface area contributed by atoms with Crippen LogP contribution in [0.3, 0.4) is 0 Å². The lowest BCUT2D eigenvalue weighted by Crippen LogP contribution is -2.26. The van der Waals surface area contributed by atoms with Gasteiger partial charge in [0.15, 0.2) is 5.78 Å². The van der Waals surface area contributed by atoms with Gasteiger partial charge in [0.25, 0.3) is 0 Å². The molecule has 82 valence electrons. The number of hydrogen-bond acceptors (Lipinski definition) is 2. The molecule has 0 radical (unpaired) electrons. The highest BCUT2D eigenvalue weighted by Gasteiger charge is 2.33. The monoisotopic (exact) mass is 214 g/mol. The molecule has 0 heterocycles. The summed E-state index contributed by atoms with van der Waals surface area (Å²) in [6.07, 6.45) is 3.49. The van der Waals surface area contributed by atoms with E-state index in [0.717, 1.165) is 24.8 Å². The summed E-state index contributed by atoms with van der Waals surface area (Å²) in [6, 6.07) is 7.84. The van der Waals surface area contributed by atoms with E-state index in [1.807, 2.05) is 24.3 Å². The van der Waals surface area contributed by atoms with Crippen LogP contribution < -0.4 is 0 Å². The first-order valence-electron chi connectivity index (χ1n) is 5.82. The van der Waals surface area contributed by atoms with Gasteiger partial charge in [0.2, 0.25) is 0 Å². The third-order valence-corrected chi connectivity index (χ3v) is 3.66. The summed E-state index contributed by atoms with van der Waals surface area (Å²) >= 11 is 0. The SMILES string of the molecule is O=C1CCCC2Cc3ccccc3C(O)=C12. The lowest BCUT2D eigenvalue weighted by molar-refractivity contribution is -0.117. The molecule has 1 saturated carbocycles. The minimum absolute atomic E-state index is 0.142. The van der Waals surface area contributed by atoms with Crippen molar-refractivity contribution in [2.24, 2.45) is 5.92 Å². The highest BCUT2D eigenvalue weighted by molar-refractivity contribution is 6.03. The van der Waals surface area contributed by atoms with Crippen molar-refractivity contribution in [1.82, 2.24) is 0 Å². The summed E-state index contributed by atoms with van der Waals surface area (Å²) in [5.74, 6) is 0.621. The second kappa shape index (κ2) is 3.48. The number of aliphatic hydroxyl groups is 1. The van der Waals surface area contributed by atoms with E-state index in [2.05, 4.69) is 0 Å². The highest BCUT2D eigenvalue weighted by Crippen LogP contribution is 2.39. The number of carbonyl (C=O) groups excluding carboxylic acids is 1. The van der Waals surface area contributed by atoms with E-state index in [9.17, 15) is 9.90 Å². The van der Waals surface area contributed by atoms with E-state index in [-0.39, 0.29) is 17.5 Å². The molecule has 0 aromatic heterocycles. The zero-order chi connectivity index (χ0) is 11.1. The number of aliphatic hydroxyl groups excluding tert-OH is 1. The molecule has 16 heavy (non-hydrogen) atoms. The predicted molar refractivity (Wildman–Crippen MR) is 62.0 cm³/mol. The van der Waals surface area contributed by atoms with E-state index in [1.165, 1.54) is 5.56 Å². The summed E-state index contributed by atoms with van der Waals surface area (Å²) in [7, 11) is 0. The Morgan fingerprint density at radius 1 is 1.25 bits per heavy atom. The molecule has 1 atom stereocenters. The van der Waals surface area contributed by atoms with Crippen molar-refractivity contribution in [1.29, 1.82) is 0 Å². The van der Waals surface area contributed by atoms with Crippen LogP contribution in [0.5, 0.6) is 0 Å². The summed E-state index contributed by atoms with van der Waals surface area (Å²) in [5, 5.41) is 10.2. The van der Waals surface area contributed by atoms with Gasteiger partial charge in [0.05, 0.1) is 0 Å². The first kappa shape index (κ1) is 9.64. The number of carbonyl (C=O) groups is 1. The average molecular weight is 214 g/mol. The summed E-state index contributed by atoms with van der Waals surface area (Å²) < 4.78 is 0. The zero-order valence-electron chi connectivity index (χ0n) is 9.07. The second-order valence-electron chi connectivity index (χ2n) is 4.64. The smallest absolute Gasteiger partial charge is 0.162 e. The van der Waals surface area contributed by atoms with Crippen molar-refractivity contribution in [2.45, 2.75) is 25.7 Å². The van der Waals surface area contributed by atoms with Crippen LogP contribution >= 0.6 is 0 Å². The molecular weight excluding hydrogens is 200 g/mol. The normalized spacial score (nSPS) is 24.0. The fourth-order valence-electron chi connectivity index (χ4n) is 2.89. The van der Waals surface area contributed by atoms with Crippen LogP contribution in [0, 0.1) is 5.92 Å². The van der Waals surface area contributed by atoms with Gasteiger partial charge in [-0.05, 0) is 30.7 Å². The van der Waals surface area contributed by atoms with Crippen molar-refractivity contribution in [2.75, 3.05) is 0 Å². The summed E-state index contributed by atoms with van der Waals surface area (Å²) in [5.41, 5.74) is 2.71. The van der Waals surface area contributed by atoms with Gasteiger partial charge in [-0.25, -0.2) is 0 Å². The molecule has 0 bridgehead atoms. The van der Waals surface area contributed by atoms with Gasteiger partial charge in [-0.3, -0.25) is 4.79 Å². The molecule has 0 aliphatic heterocycles. The minimum atomic E-state index is 0.142. The van der Waals surface area contributed by atoms with Crippen molar-refractivity contribution < 1.29 is 9.90 Å². The molecule has 1 N–H and O–H groups in total. The van der Waals surface area contributed by atoms with Gasteiger partial charge in [-0.15, -0.1) is 0 Å². The van der Waals surface area contributed by atoms with Gasteiger partial charge in [-0.1, -0.05) is 24.3 Å². The molecule has 2 aliphatic carbocycles. The third kappa shape index (κ3) is 1.29. The number of ketones is 1. The number of hydrogen-bond donors (Lipinski definition) is 1. The molecule has 3 rings (SSSR count). The molecule has 1 fully saturated rings. The van der Waals surface area contributed by atoms with Crippen LogP contribution in [-0.2, 0) is 11.2 Å². The Hall–Kier alpha value is -1.57. The first-order valence-corrected chi connectivity index (χ1v) is 5.82. The van der Waals surface area contributed by atoms with E-state index in [0.29, 0.717) is 12.0 Å². The Balaban J connectivity index is 2.18. The number of allylic oxidation sites excluding steroid dienone is 1. The molecule has 0 amide bonds. The van der Waals surface area contributed by atoms with E-state index >= 15 is 0 Å². The van der Waals surface area contributed by atoms with Gasteiger partial charge >= 0.3 is 0 Å². The van der Waals surface area contributed by atoms with E-state index < -0.39 is 0 Å². The molecule has 2 heteroatoms. The van der Waals surface area contributed by atoms with Crippen LogP contribution in [-0.4, -0.2) is 10.9 Å². The van der Waals surface area contributed by atoms with Gasteiger partial charge in [0, 0.05) is 17.6 Å². The van der Waals surface area contributed by atoms with Crippen LogP contribution in [0.1, 0.15) is 30.4 Å². The molecule has 1 aromatic carbocycles. The Bertz CT molecular complexity index is 485. The highest BCUT2D eigenvalue weighted by atomic mass is 16.3. The van der Waals surface area contributed by atoms with E-state index in [1.54, 1.807) is 0 Å². The number of fused-ring (bicyclic) bond motifs is 2. The molecule has 1 aromatic rings. The number of rotatable bonds is 0. The fourth-order valence-corrected chi connectivity index (χ4v) is 2.89. The molecular formula is C14H14O2. The quantitative estimate of drug-likeness (QED) is 0.721. The lowest BCUT2D eigenvalue weighted by atomic mass is 9.74. The molecule has 0 saturated heterocycles. The maximum atomic E-state index is 11.8. The molecule has 2 aliphatic rings. The van der Waals surface area contributed by atoms with Gasteiger partial charge in [-0.2, -0.15) is 0 Å². The molecule has 1 unspecified atom stereocenters. The lowest BCUT2D eigenvalue weighted by Gasteiger charge is -2.30. The fraction of sp³-hybridized carbons (Fsp3) is 0.357. The van der Waals surface area contributed by atoms with Crippen LogP contribution in [0.25, 0.3) is 5.76 Å². The topological polar surface area (TPSA) is 37.3 Å². The summed E-state index contributed by atoms with van der Waals surface area (Å²) in [6.45, 7) is 0. The zero-order valence-corrected chi connectivity index (χ0v) is 9.07. The first-order chi connectivity index (χ1) is 7.77. The molecule has 0 spiro atoms. The van der Waals surface area contributed by atoms with Crippen LogP contribution in [0.15, 0.2) is 29.8 Å². The van der Waals surface area contributed by atoms with Crippen molar-refractivity contribution >= 4 is 11.5 Å². The summed E-state index contributed by atoms with van der Waals surface area (Å²) in [4.78, 5) is 11.8. The average Bonchev–Trinajstić information content (AvgIpc) is 2.29. The Labute approximate surface area is 94.6 Å². The van der Waals surface area contributed by atoms with Gasteiger partial charge in [0.1, 0.15) is 5.76 Å². The maximum Gasteiger partial charge on any atom is 0.162 e. The Morgan fingerprint density at radius 3 is 2.94 bits per heavy atom. The largest absolute Gasteiger partial charge is 0.507 e.